The van der Waals surface area contributed by atoms with Crippen LogP contribution in [0.2, 0.25) is 0 Å². The van der Waals surface area contributed by atoms with Gasteiger partial charge in [-0.05, 0) is 60.7 Å². The molecule has 0 saturated heterocycles. The Morgan fingerprint density at radius 2 is 1.81 bits per heavy atom. The number of methoxy groups -OCH3 is 2. The van der Waals surface area contributed by atoms with E-state index in [1.165, 1.54) is 6.42 Å². The van der Waals surface area contributed by atoms with Gasteiger partial charge in [0.05, 0.1) is 14.2 Å². The first-order valence-electron chi connectivity index (χ1n) is 10.9. The summed E-state index contributed by atoms with van der Waals surface area (Å²) in [6, 6.07) is 15.0. The minimum atomic E-state index is -0.309. The van der Waals surface area contributed by atoms with Crippen LogP contribution in [0.25, 0.3) is 6.08 Å². The number of nitrogens with one attached hydrogen (secondary N) is 1. The van der Waals surface area contributed by atoms with E-state index in [1.54, 1.807) is 20.3 Å². The summed E-state index contributed by atoms with van der Waals surface area (Å²) >= 11 is 0. The lowest BCUT2D eigenvalue weighted by molar-refractivity contribution is -0.118. The van der Waals surface area contributed by atoms with Crippen molar-refractivity contribution in [3.8, 4) is 23.3 Å². The summed E-state index contributed by atoms with van der Waals surface area (Å²) in [5.41, 5.74) is 1.74. The third-order valence-corrected chi connectivity index (χ3v) is 5.87. The fourth-order valence-corrected chi connectivity index (χ4v) is 3.91. The Kier molecular flexibility index (Phi) is 8.15. The van der Waals surface area contributed by atoms with Gasteiger partial charge in [0.2, 0.25) is 0 Å². The summed E-state index contributed by atoms with van der Waals surface area (Å²) in [7, 11) is 3.23. The molecule has 0 aliphatic heterocycles. The molecule has 2 aromatic carbocycles. The van der Waals surface area contributed by atoms with Crippen molar-refractivity contribution in [2.24, 2.45) is 5.92 Å². The van der Waals surface area contributed by atoms with Crippen LogP contribution in [0.15, 0.2) is 48.0 Å². The second-order valence-corrected chi connectivity index (χ2v) is 8.05. The molecular weight excluding hydrogens is 404 g/mol. The van der Waals surface area contributed by atoms with Crippen LogP contribution in [0.3, 0.4) is 0 Å². The first-order chi connectivity index (χ1) is 15.5. The molecule has 1 N–H and O–H groups in total. The predicted octanol–water partition coefficient (Wildman–Crippen LogP) is 4.88. The van der Waals surface area contributed by atoms with Gasteiger partial charge in [0, 0.05) is 11.6 Å². The molecule has 3 rings (SSSR count). The van der Waals surface area contributed by atoms with Gasteiger partial charge in [-0.1, -0.05) is 31.9 Å². The lowest BCUT2D eigenvalue weighted by atomic mass is 9.86. The average molecular weight is 435 g/mol. The van der Waals surface area contributed by atoms with Crippen molar-refractivity contribution in [1.82, 2.24) is 5.32 Å². The Hall–Kier alpha value is -3.46. The van der Waals surface area contributed by atoms with Gasteiger partial charge < -0.3 is 19.5 Å². The highest BCUT2D eigenvalue weighted by atomic mass is 16.5. The van der Waals surface area contributed by atoms with Gasteiger partial charge in [-0.2, -0.15) is 5.26 Å². The lowest BCUT2D eigenvalue weighted by Crippen LogP contribution is -2.41. The van der Waals surface area contributed by atoms with Gasteiger partial charge in [0.1, 0.15) is 35.5 Å². The van der Waals surface area contributed by atoms with Crippen LogP contribution in [-0.2, 0) is 11.4 Å². The van der Waals surface area contributed by atoms with E-state index < -0.39 is 0 Å². The van der Waals surface area contributed by atoms with E-state index in [1.807, 2.05) is 48.5 Å². The van der Waals surface area contributed by atoms with E-state index >= 15 is 0 Å². The quantitative estimate of drug-likeness (QED) is 0.473. The number of ether oxygens (including phenoxy) is 3. The van der Waals surface area contributed by atoms with Crippen LogP contribution in [0.4, 0.5) is 0 Å². The van der Waals surface area contributed by atoms with Crippen LogP contribution in [0.1, 0.15) is 43.7 Å². The third-order valence-electron chi connectivity index (χ3n) is 5.87. The highest BCUT2D eigenvalue weighted by Gasteiger charge is 2.24. The molecule has 1 saturated carbocycles. The molecule has 168 valence electrons. The highest BCUT2D eigenvalue weighted by molar-refractivity contribution is 6.01. The zero-order chi connectivity index (χ0) is 22.9. The molecule has 1 aliphatic rings. The second kappa shape index (κ2) is 11.2. The molecule has 6 nitrogen and oxygen atoms in total. The Morgan fingerprint density at radius 3 is 2.47 bits per heavy atom. The fourth-order valence-electron chi connectivity index (χ4n) is 3.91. The molecule has 0 bridgehead atoms. The molecule has 1 aliphatic carbocycles. The molecule has 32 heavy (non-hydrogen) atoms. The van der Waals surface area contributed by atoms with Crippen molar-refractivity contribution in [3.63, 3.8) is 0 Å². The third kappa shape index (κ3) is 6.04. The largest absolute Gasteiger partial charge is 0.497 e. The number of nitrogens with zero attached hydrogens (tertiary/aromatic N) is 1. The first-order valence-corrected chi connectivity index (χ1v) is 10.9. The van der Waals surface area contributed by atoms with Crippen molar-refractivity contribution in [2.45, 2.75) is 45.3 Å². The van der Waals surface area contributed by atoms with Crippen molar-refractivity contribution in [3.05, 3.63) is 59.2 Å². The maximum absolute atomic E-state index is 12.6. The number of carbonyl (C=O) groups excluding carboxylic acids is 1. The monoisotopic (exact) mass is 434 g/mol. The standard InChI is InChI=1S/C26H30N2O4/c1-18-6-4-5-7-24(18)28-26(29)20(16-27)14-19-8-10-22(11-9-19)32-17-21-15-23(30-2)12-13-25(21)31-3/h8-15,18,24H,4-7,17H2,1-3H3,(H,28,29)/b20-14+/t18-,24-/m0/s1. The summed E-state index contributed by atoms with van der Waals surface area (Å²) in [6.07, 6.45) is 6.00. The van der Waals surface area contributed by atoms with Crippen LogP contribution in [0, 0.1) is 17.2 Å². The average Bonchev–Trinajstić information content (AvgIpc) is 2.83. The van der Waals surface area contributed by atoms with E-state index in [-0.39, 0.29) is 17.5 Å². The van der Waals surface area contributed by atoms with E-state index in [2.05, 4.69) is 12.2 Å². The first kappa shape index (κ1) is 23.2. The molecule has 1 fully saturated rings. The molecule has 6 heteroatoms. The van der Waals surface area contributed by atoms with Gasteiger partial charge in [-0.3, -0.25) is 4.79 Å². The normalized spacial score (nSPS) is 18.4. The van der Waals surface area contributed by atoms with E-state index in [0.29, 0.717) is 18.3 Å². The Balaban J connectivity index is 1.63. The topological polar surface area (TPSA) is 80.6 Å². The number of benzene rings is 2. The van der Waals surface area contributed by atoms with Crippen molar-refractivity contribution < 1.29 is 19.0 Å². The molecule has 0 heterocycles. The summed E-state index contributed by atoms with van der Waals surface area (Å²) in [5.74, 6) is 2.26. The molecule has 1 amide bonds. The van der Waals surface area contributed by atoms with Crippen molar-refractivity contribution in [1.29, 1.82) is 5.26 Å². The van der Waals surface area contributed by atoms with Gasteiger partial charge in [-0.15, -0.1) is 0 Å². The molecular formula is C26H30N2O4. The maximum Gasteiger partial charge on any atom is 0.262 e. The zero-order valence-electron chi connectivity index (χ0n) is 18.9. The van der Waals surface area contributed by atoms with Gasteiger partial charge in [0.15, 0.2) is 0 Å². The minimum absolute atomic E-state index is 0.109. The summed E-state index contributed by atoms with van der Waals surface area (Å²) < 4.78 is 16.5. The fraction of sp³-hybridized carbons (Fsp3) is 0.385. The number of nitriles is 1. The summed E-state index contributed by atoms with van der Waals surface area (Å²) in [4.78, 5) is 12.6. The number of rotatable bonds is 8. The molecule has 0 spiro atoms. The van der Waals surface area contributed by atoms with Crippen LogP contribution >= 0.6 is 0 Å². The van der Waals surface area contributed by atoms with Crippen molar-refractivity contribution >= 4 is 12.0 Å². The SMILES string of the molecule is COc1ccc(OC)c(COc2ccc(/C=C(\C#N)C(=O)N[C@H]3CCCC[C@@H]3C)cc2)c1. The van der Waals surface area contributed by atoms with E-state index in [9.17, 15) is 10.1 Å². The Morgan fingerprint density at radius 1 is 1.09 bits per heavy atom. The molecule has 2 atom stereocenters. The highest BCUT2D eigenvalue weighted by Crippen LogP contribution is 2.26. The summed E-state index contributed by atoms with van der Waals surface area (Å²) in [5, 5.41) is 12.5. The van der Waals surface area contributed by atoms with Crippen molar-refractivity contribution in [2.75, 3.05) is 14.2 Å². The van der Waals surface area contributed by atoms with Crippen LogP contribution in [0.5, 0.6) is 17.2 Å². The minimum Gasteiger partial charge on any atom is -0.497 e. The lowest BCUT2D eigenvalue weighted by Gasteiger charge is -2.29. The molecule has 2 aromatic rings. The van der Waals surface area contributed by atoms with Gasteiger partial charge in [0.25, 0.3) is 5.91 Å². The number of carbonyl (C=O) groups is 1. The van der Waals surface area contributed by atoms with E-state index in [0.717, 1.165) is 41.9 Å². The van der Waals surface area contributed by atoms with E-state index in [4.69, 9.17) is 14.2 Å². The predicted molar refractivity (Wildman–Crippen MR) is 123 cm³/mol. The zero-order valence-corrected chi connectivity index (χ0v) is 18.9. The number of hydrogen-bond acceptors (Lipinski definition) is 5. The summed E-state index contributed by atoms with van der Waals surface area (Å²) in [6.45, 7) is 2.47. The molecule has 0 unspecified atom stereocenters. The van der Waals surface area contributed by atoms with Gasteiger partial charge >= 0.3 is 0 Å². The van der Waals surface area contributed by atoms with Crippen LogP contribution in [-0.4, -0.2) is 26.2 Å². The van der Waals surface area contributed by atoms with Gasteiger partial charge in [-0.25, -0.2) is 0 Å². The van der Waals surface area contributed by atoms with Crippen LogP contribution < -0.4 is 19.5 Å². The second-order valence-electron chi connectivity index (χ2n) is 8.05. The Labute approximate surface area is 189 Å². The molecule has 0 aromatic heterocycles. The molecule has 0 radical (unpaired) electrons. The number of hydrogen-bond donors (Lipinski definition) is 1. The maximum atomic E-state index is 12.6. The Bertz CT molecular complexity index is 992. The number of amides is 1. The smallest absolute Gasteiger partial charge is 0.262 e.